The Labute approximate surface area is 85.4 Å². The maximum absolute atomic E-state index is 11.4. The van der Waals surface area contributed by atoms with Gasteiger partial charge in [-0.15, -0.1) is 0 Å². The fourth-order valence-electron chi connectivity index (χ4n) is 1.40. The summed E-state index contributed by atoms with van der Waals surface area (Å²) in [6.07, 6.45) is -1.05. The number of rotatable bonds is 1. The minimum Gasteiger partial charge on any atom is -0.508 e. The molecule has 1 aromatic carbocycles. The number of hydrogen-bond acceptors (Lipinski definition) is 5. The number of ketones is 1. The standard InChI is InChI=1S/C10H9NO4/c11-10-8(14)7(13)9(15-10)5-3-1-2-4-6(5)12/h1-4,9,12,14H,11H2/t9-/m0/s1. The van der Waals surface area contributed by atoms with Crippen LogP contribution in [-0.2, 0) is 9.53 Å². The van der Waals surface area contributed by atoms with Gasteiger partial charge in [-0.3, -0.25) is 4.79 Å². The molecule has 4 N–H and O–H groups in total. The van der Waals surface area contributed by atoms with Crippen LogP contribution in [0.4, 0.5) is 0 Å². The second-order valence-corrected chi connectivity index (χ2v) is 3.13. The molecule has 1 aromatic rings. The Morgan fingerprint density at radius 3 is 2.47 bits per heavy atom. The molecule has 1 atom stereocenters. The average Bonchev–Trinajstić information content (AvgIpc) is 2.47. The van der Waals surface area contributed by atoms with Gasteiger partial charge in [0.15, 0.2) is 6.10 Å². The third-order valence-corrected chi connectivity index (χ3v) is 2.17. The SMILES string of the molecule is NC1=C(O)C(=O)[C@H](c2ccccc2O)O1. The quantitative estimate of drug-likeness (QED) is 0.630. The predicted octanol–water partition coefficient (Wildman–Crippen LogP) is 0.718. The van der Waals surface area contributed by atoms with Gasteiger partial charge in [0.05, 0.1) is 0 Å². The lowest BCUT2D eigenvalue weighted by atomic mass is 10.0. The Kier molecular flexibility index (Phi) is 2.00. The number of carbonyl (C=O) groups is 1. The van der Waals surface area contributed by atoms with Gasteiger partial charge in [-0.25, -0.2) is 0 Å². The molecule has 0 aliphatic carbocycles. The number of ether oxygens (including phenoxy) is 1. The zero-order valence-corrected chi connectivity index (χ0v) is 7.68. The summed E-state index contributed by atoms with van der Waals surface area (Å²) in [5.41, 5.74) is 5.54. The van der Waals surface area contributed by atoms with E-state index in [1.165, 1.54) is 12.1 Å². The molecule has 0 bridgehead atoms. The number of benzene rings is 1. The second kappa shape index (κ2) is 3.20. The first-order valence-electron chi connectivity index (χ1n) is 4.28. The fourth-order valence-corrected chi connectivity index (χ4v) is 1.40. The van der Waals surface area contributed by atoms with Crippen LogP contribution in [0.2, 0.25) is 0 Å². The van der Waals surface area contributed by atoms with Crippen molar-refractivity contribution < 1.29 is 19.7 Å². The predicted molar refractivity (Wildman–Crippen MR) is 50.8 cm³/mol. The van der Waals surface area contributed by atoms with Gasteiger partial charge < -0.3 is 20.7 Å². The first-order chi connectivity index (χ1) is 7.11. The molecule has 0 saturated carbocycles. The van der Waals surface area contributed by atoms with E-state index in [1.807, 2.05) is 0 Å². The van der Waals surface area contributed by atoms with Crippen molar-refractivity contribution in [1.82, 2.24) is 0 Å². The number of carbonyl (C=O) groups excluding carboxylic acids is 1. The van der Waals surface area contributed by atoms with Crippen LogP contribution in [0.25, 0.3) is 0 Å². The van der Waals surface area contributed by atoms with E-state index in [0.29, 0.717) is 0 Å². The molecular formula is C10H9NO4. The summed E-state index contributed by atoms with van der Waals surface area (Å²) in [6.45, 7) is 0. The number of hydrogen-bond donors (Lipinski definition) is 3. The molecule has 0 spiro atoms. The van der Waals surface area contributed by atoms with Gasteiger partial charge in [0.1, 0.15) is 5.75 Å². The summed E-state index contributed by atoms with van der Waals surface area (Å²) < 4.78 is 4.95. The molecule has 0 amide bonds. The number of para-hydroxylation sites is 1. The molecule has 0 aromatic heterocycles. The van der Waals surface area contributed by atoms with Crippen molar-refractivity contribution in [3.63, 3.8) is 0 Å². The van der Waals surface area contributed by atoms with E-state index in [1.54, 1.807) is 12.1 Å². The van der Waals surface area contributed by atoms with Crippen LogP contribution in [0.15, 0.2) is 35.9 Å². The summed E-state index contributed by atoms with van der Waals surface area (Å²) in [5, 5.41) is 18.7. The van der Waals surface area contributed by atoms with Crippen molar-refractivity contribution in [3.05, 3.63) is 41.5 Å². The van der Waals surface area contributed by atoms with E-state index in [0.717, 1.165) is 0 Å². The van der Waals surface area contributed by atoms with E-state index in [-0.39, 0.29) is 17.2 Å². The molecule has 1 aliphatic heterocycles. The number of Topliss-reactive ketones (excluding diaryl/α,β-unsaturated/α-hetero) is 1. The Balaban J connectivity index is 2.37. The van der Waals surface area contributed by atoms with Crippen LogP contribution in [0.5, 0.6) is 5.75 Å². The monoisotopic (exact) mass is 207 g/mol. The third kappa shape index (κ3) is 1.38. The Bertz CT molecular complexity index is 452. The van der Waals surface area contributed by atoms with Gasteiger partial charge in [0.25, 0.3) is 0 Å². The third-order valence-electron chi connectivity index (χ3n) is 2.17. The molecule has 1 aliphatic rings. The normalized spacial score (nSPS) is 20.5. The van der Waals surface area contributed by atoms with Crippen molar-refractivity contribution in [2.45, 2.75) is 6.10 Å². The van der Waals surface area contributed by atoms with E-state index in [9.17, 15) is 15.0 Å². The highest BCUT2D eigenvalue weighted by Crippen LogP contribution is 2.34. The number of aromatic hydroxyl groups is 1. The molecule has 0 radical (unpaired) electrons. The highest BCUT2D eigenvalue weighted by Gasteiger charge is 2.36. The molecule has 5 nitrogen and oxygen atoms in total. The number of aliphatic hydroxyl groups excluding tert-OH is 1. The molecule has 0 fully saturated rings. The highest BCUT2D eigenvalue weighted by atomic mass is 16.5. The summed E-state index contributed by atoms with van der Waals surface area (Å²) in [7, 11) is 0. The summed E-state index contributed by atoms with van der Waals surface area (Å²) in [6, 6.07) is 6.23. The van der Waals surface area contributed by atoms with E-state index in [2.05, 4.69) is 0 Å². The number of phenolic OH excluding ortho intramolecular Hbond substituents is 1. The van der Waals surface area contributed by atoms with Crippen LogP contribution >= 0.6 is 0 Å². The largest absolute Gasteiger partial charge is 0.508 e. The molecule has 5 heteroatoms. The maximum atomic E-state index is 11.4. The first-order valence-corrected chi connectivity index (χ1v) is 4.28. The molecule has 0 unspecified atom stereocenters. The fraction of sp³-hybridized carbons (Fsp3) is 0.100. The highest BCUT2D eigenvalue weighted by molar-refractivity contribution is 5.99. The van der Waals surface area contributed by atoms with Crippen LogP contribution in [0.3, 0.4) is 0 Å². The lowest BCUT2D eigenvalue weighted by Gasteiger charge is -2.10. The lowest BCUT2D eigenvalue weighted by molar-refractivity contribution is -0.123. The van der Waals surface area contributed by atoms with Crippen molar-refractivity contribution in [2.75, 3.05) is 0 Å². The Morgan fingerprint density at radius 2 is 1.93 bits per heavy atom. The number of phenols is 1. The van der Waals surface area contributed by atoms with Crippen LogP contribution < -0.4 is 5.73 Å². The molecule has 78 valence electrons. The molecule has 2 rings (SSSR count). The number of aliphatic hydroxyl groups is 1. The lowest BCUT2D eigenvalue weighted by Crippen LogP contribution is -2.09. The Hall–Kier alpha value is -2.17. The topological polar surface area (TPSA) is 92.8 Å². The van der Waals surface area contributed by atoms with Gasteiger partial charge in [-0.05, 0) is 6.07 Å². The Morgan fingerprint density at radius 1 is 1.27 bits per heavy atom. The second-order valence-electron chi connectivity index (χ2n) is 3.13. The van der Waals surface area contributed by atoms with Gasteiger partial charge >= 0.3 is 0 Å². The van der Waals surface area contributed by atoms with Gasteiger partial charge in [0.2, 0.25) is 17.4 Å². The molecule has 15 heavy (non-hydrogen) atoms. The van der Waals surface area contributed by atoms with E-state index < -0.39 is 17.6 Å². The molecule has 0 saturated heterocycles. The van der Waals surface area contributed by atoms with Crippen LogP contribution in [-0.4, -0.2) is 16.0 Å². The van der Waals surface area contributed by atoms with Gasteiger partial charge in [-0.2, -0.15) is 0 Å². The zero-order chi connectivity index (χ0) is 11.0. The smallest absolute Gasteiger partial charge is 0.247 e. The summed E-state index contributed by atoms with van der Waals surface area (Å²) in [4.78, 5) is 11.4. The summed E-state index contributed by atoms with van der Waals surface area (Å²) >= 11 is 0. The van der Waals surface area contributed by atoms with Crippen LogP contribution in [0.1, 0.15) is 11.7 Å². The van der Waals surface area contributed by atoms with Crippen molar-refractivity contribution in [3.8, 4) is 5.75 Å². The van der Waals surface area contributed by atoms with Crippen molar-refractivity contribution in [1.29, 1.82) is 0 Å². The zero-order valence-electron chi connectivity index (χ0n) is 7.68. The van der Waals surface area contributed by atoms with Gasteiger partial charge in [-0.1, -0.05) is 18.2 Å². The molecular weight excluding hydrogens is 198 g/mol. The van der Waals surface area contributed by atoms with Crippen molar-refractivity contribution >= 4 is 5.78 Å². The maximum Gasteiger partial charge on any atom is 0.247 e. The average molecular weight is 207 g/mol. The first kappa shape index (κ1) is 9.39. The van der Waals surface area contributed by atoms with E-state index >= 15 is 0 Å². The minimum atomic E-state index is -1.05. The number of nitrogens with two attached hydrogens (primary N) is 1. The molecule has 1 heterocycles. The van der Waals surface area contributed by atoms with Crippen molar-refractivity contribution in [2.24, 2.45) is 5.73 Å². The van der Waals surface area contributed by atoms with Gasteiger partial charge in [0, 0.05) is 5.56 Å². The summed E-state index contributed by atoms with van der Waals surface area (Å²) in [5.74, 6) is -1.62. The van der Waals surface area contributed by atoms with E-state index in [4.69, 9.17) is 10.5 Å². The van der Waals surface area contributed by atoms with Crippen LogP contribution in [0, 0.1) is 0 Å². The minimum absolute atomic E-state index is 0.0710.